The lowest BCUT2D eigenvalue weighted by molar-refractivity contribution is -0.137. The smallest absolute Gasteiger partial charge is 0.251 e. The summed E-state index contributed by atoms with van der Waals surface area (Å²) in [5.74, 6) is 5.69. The van der Waals surface area contributed by atoms with Gasteiger partial charge in [0.15, 0.2) is 23.8 Å². The number of aromatic nitrogens is 4. The van der Waals surface area contributed by atoms with Gasteiger partial charge >= 0.3 is 0 Å². The molecule has 2 aromatic rings. The number of hydrogen-bond acceptors (Lipinski definition) is 8. The number of unbranched alkanes of at least 4 members (excludes halogenated alkanes) is 2. The zero-order valence-corrected chi connectivity index (χ0v) is 15.1. The number of anilines is 1. The Kier molecular flexibility index (Phi) is 5.55. The predicted octanol–water partition coefficient (Wildman–Crippen LogP) is -0.685. The van der Waals surface area contributed by atoms with Crippen LogP contribution in [0.1, 0.15) is 38.2 Å². The Labute approximate surface area is 155 Å². The maximum atomic E-state index is 11.8. The number of imidazole rings is 1. The first-order valence-corrected chi connectivity index (χ1v) is 8.70. The molecule has 0 saturated carbocycles. The molecule has 10 nitrogen and oxygen atoms in total. The summed E-state index contributed by atoms with van der Waals surface area (Å²) in [6.07, 6.45) is -0.890. The van der Waals surface area contributed by atoms with Crippen LogP contribution in [0, 0.1) is 11.8 Å². The lowest BCUT2D eigenvalue weighted by atomic mass is 10.1. The first-order chi connectivity index (χ1) is 13.0. The number of nitrogen functional groups attached to an aromatic ring is 1. The van der Waals surface area contributed by atoms with E-state index in [1.165, 1.54) is 17.9 Å². The van der Waals surface area contributed by atoms with Crippen LogP contribution in [0.4, 0.5) is 5.82 Å². The first-order valence-electron chi connectivity index (χ1n) is 8.70. The monoisotopic (exact) mass is 374 g/mol. The van der Waals surface area contributed by atoms with Gasteiger partial charge in [-0.25, -0.2) is 15.0 Å². The number of likely N-dealkylation sites (N-methyl/N-ethyl adjacent to an activating group) is 1. The Bertz CT molecular complexity index is 902. The second-order valence-electron chi connectivity index (χ2n) is 6.20. The third-order valence-corrected chi connectivity index (χ3v) is 4.32. The van der Waals surface area contributed by atoms with Gasteiger partial charge < -0.3 is 26.0 Å². The maximum absolute atomic E-state index is 11.8. The van der Waals surface area contributed by atoms with Crippen molar-refractivity contribution in [2.24, 2.45) is 0 Å². The fourth-order valence-electron chi connectivity index (χ4n) is 2.84. The number of rotatable bonds is 4. The van der Waals surface area contributed by atoms with Crippen molar-refractivity contribution >= 4 is 22.9 Å². The van der Waals surface area contributed by atoms with Gasteiger partial charge in [0.25, 0.3) is 5.91 Å². The molecule has 0 spiro atoms. The van der Waals surface area contributed by atoms with E-state index in [9.17, 15) is 15.0 Å². The van der Waals surface area contributed by atoms with Crippen molar-refractivity contribution in [3.05, 3.63) is 12.2 Å². The van der Waals surface area contributed by atoms with E-state index >= 15 is 0 Å². The van der Waals surface area contributed by atoms with Crippen molar-refractivity contribution in [1.82, 2.24) is 24.8 Å². The zero-order valence-electron chi connectivity index (χ0n) is 15.1. The number of amides is 1. The largest absolute Gasteiger partial charge is 0.387 e. The molecule has 1 aliphatic rings. The molecule has 0 aromatic carbocycles. The third-order valence-electron chi connectivity index (χ3n) is 4.32. The summed E-state index contributed by atoms with van der Waals surface area (Å²) in [7, 11) is 1.42. The predicted molar refractivity (Wildman–Crippen MR) is 96.1 cm³/mol. The van der Waals surface area contributed by atoms with E-state index in [-0.39, 0.29) is 11.6 Å². The minimum Gasteiger partial charge on any atom is -0.387 e. The van der Waals surface area contributed by atoms with Gasteiger partial charge in [0.2, 0.25) is 5.82 Å². The van der Waals surface area contributed by atoms with Gasteiger partial charge in [0.05, 0.1) is 6.33 Å². The van der Waals surface area contributed by atoms with E-state index in [2.05, 4.69) is 39.0 Å². The zero-order chi connectivity index (χ0) is 19.6. The van der Waals surface area contributed by atoms with E-state index in [4.69, 9.17) is 10.5 Å². The summed E-state index contributed by atoms with van der Waals surface area (Å²) in [5.41, 5.74) is 6.57. The molecular weight excluding hydrogens is 352 g/mol. The van der Waals surface area contributed by atoms with E-state index < -0.39 is 30.4 Å². The molecule has 0 aliphatic carbocycles. The number of fused-ring (bicyclic) bond motifs is 1. The van der Waals surface area contributed by atoms with Crippen LogP contribution in [-0.4, -0.2) is 61.0 Å². The van der Waals surface area contributed by atoms with Crippen molar-refractivity contribution in [2.45, 2.75) is 50.7 Å². The molecule has 0 radical (unpaired) electrons. The summed E-state index contributed by atoms with van der Waals surface area (Å²) in [5, 5.41) is 22.9. The molecule has 27 heavy (non-hydrogen) atoms. The minimum atomic E-state index is -1.39. The first kappa shape index (κ1) is 19.0. The second-order valence-corrected chi connectivity index (χ2v) is 6.20. The normalized spacial score (nSPS) is 24.6. The van der Waals surface area contributed by atoms with E-state index in [0.29, 0.717) is 11.2 Å². The molecular formula is C17H22N6O4. The van der Waals surface area contributed by atoms with Gasteiger partial charge in [0.1, 0.15) is 17.7 Å². The number of ether oxygens (including phenoxy) is 1. The Balaban J connectivity index is 1.96. The molecule has 3 rings (SSSR count). The Hall–Kier alpha value is -2.74. The Morgan fingerprint density at radius 3 is 2.89 bits per heavy atom. The molecule has 3 heterocycles. The summed E-state index contributed by atoms with van der Waals surface area (Å²) >= 11 is 0. The average molecular weight is 374 g/mol. The number of nitrogens with zero attached hydrogens (tertiary/aromatic N) is 4. The fraction of sp³-hybridized carbons (Fsp3) is 0.529. The highest BCUT2D eigenvalue weighted by atomic mass is 16.6. The molecule has 144 valence electrons. The molecule has 1 amide bonds. The molecule has 2 aromatic heterocycles. The highest BCUT2D eigenvalue weighted by Gasteiger charge is 2.47. The quantitative estimate of drug-likeness (QED) is 0.406. The summed E-state index contributed by atoms with van der Waals surface area (Å²) in [6.45, 7) is 2.08. The van der Waals surface area contributed by atoms with Crippen LogP contribution in [0.3, 0.4) is 0 Å². The Morgan fingerprint density at radius 2 is 2.19 bits per heavy atom. The van der Waals surface area contributed by atoms with E-state index in [1.54, 1.807) is 0 Å². The SMILES string of the molecule is CCCCC#Cc1nc(N)c2ncn(C3OC(C(=O)NC)C(O)C3O)c2n1. The van der Waals surface area contributed by atoms with Crippen LogP contribution in [0.2, 0.25) is 0 Å². The minimum absolute atomic E-state index is 0.148. The molecule has 1 aliphatic heterocycles. The van der Waals surface area contributed by atoms with Crippen LogP contribution < -0.4 is 11.1 Å². The number of nitrogens with two attached hydrogens (primary N) is 1. The van der Waals surface area contributed by atoms with Crippen LogP contribution in [0.15, 0.2) is 6.33 Å². The molecule has 4 atom stereocenters. The highest BCUT2D eigenvalue weighted by molar-refractivity contribution is 5.83. The number of aliphatic hydroxyl groups excluding tert-OH is 2. The van der Waals surface area contributed by atoms with Gasteiger partial charge in [-0.05, 0) is 12.3 Å². The van der Waals surface area contributed by atoms with Crippen LogP contribution >= 0.6 is 0 Å². The van der Waals surface area contributed by atoms with Crippen LogP contribution in [-0.2, 0) is 9.53 Å². The molecule has 0 bridgehead atoms. The summed E-state index contributed by atoms with van der Waals surface area (Å²) in [4.78, 5) is 24.5. The van der Waals surface area contributed by atoms with Crippen molar-refractivity contribution < 1.29 is 19.7 Å². The topological polar surface area (TPSA) is 148 Å². The number of nitrogens with one attached hydrogen (secondary N) is 1. The van der Waals surface area contributed by atoms with E-state index in [0.717, 1.165) is 19.3 Å². The average Bonchev–Trinajstić information content (AvgIpc) is 3.20. The molecule has 1 saturated heterocycles. The lowest BCUT2D eigenvalue weighted by Crippen LogP contribution is -2.41. The van der Waals surface area contributed by atoms with Crippen LogP contribution in [0.25, 0.3) is 11.2 Å². The van der Waals surface area contributed by atoms with Gasteiger partial charge in [0, 0.05) is 13.5 Å². The van der Waals surface area contributed by atoms with Gasteiger partial charge in [-0.2, -0.15) is 0 Å². The van der Waals surface area contributed by atoms with Gasteiger partial charge in [-0.1, -0.05) is 19.3 Å². The maximum Gasteiger partial charge on any atom is 0.251 e. The Morgan fingerprint density at radius 1 is 1.41 bits per heavy atom. The van der Waals surface area contributed by atoms with Gasteiger partial charge in [-0.15, -0.1) is 0 Å². The fourth-order valence-corrected chi connectivity index (χ4v) is 2.84. The number of carbonyl (C=O) groups excluding carboxylic acids is 1. The summed E-state index contributed by atoms with van der Waals surface area (Å²) in [6, 6.07) is 0. The lowest BCUT2D eigenvalue weighted by Gasteiger charge is -2.16. The highest BCUT2D eigenvalue weighted by Crippen LogP contribution is 2.32. The number of aliphatic hydroxyl groups is 2. The number of hydrogen-bond donors (Lipinski definition) is 4. The van der Waals surface area contributed by atoms with Gasteiger partial charge in [-0.3, -0.25) is 9.36 Å². The summed E-state index contributed by atoms with van der Waals surface area (Å²) < 4.78 is 6.98. The van der Waals surface area contributed by atoms with Crippen molar-refractivity contribution in [3.63, 3.8) is 0 Å². The number of carbonyl (C=O) groups is 1. The third kappa shape index (κ3) is 3.57. The van der Waals surface area contributed by atoms with Crippen molar-refractivity contribution in [3.8, 4) is 11.8 Å². The second kappa shape index (κ2) is 7.87. The molecule has 5 N–H and O–H groups in total. The van der Waals surface area contributed by atoms with E-state index in [1.807, 2.05) is 0 Å². The molecule has 1 fully saturated rings. The standard InChI is InChI=1S/C17H22N6O4/c1-3-4-5-6-7-9-21-14(18)10-15(22-9)23(8-20-10)17-12(25)11(24)13(27-17)16(26)19-2/h8,11-13,17,24-25H,3-5H2,1-2H3,(H,19,26)(H2,18,21,22). The van der Waals surface area contributed by atoms with Crippen molar-refractivity contribution in [2.75, 3.05) is 12.8 Å². The van der Waals surface area contributed by atoms with Crippen LogP contribution in [0.5, 0.6) is 0 Å². The molecule has 10 heteroatoms. The van der Waals surface area contributed by atoms with Crippen molar-refractivity contribution in [1.29, 1.82) is 0 Å². The molecule has 4 unspecified atom stereocenters.